The van der Waals surface area contributed by atoms with Gasteiger partial charge < -0.3 is 15.4 Å². The van der Waals surface area contributed by atoms with E-state index >= 15 is 0 Å². The van der Waals surface area contributed by atoms with Gasteiger partial charge in [-0.05, 0) is 67.0 Å². The van der Waals surface area contributed by atoms with E-state index in [1.807, 2.05) is 6.07 Å². The molecule has 0 spiro atoms. The minimum Gasteiger partial charge on any atom is -0.381 e. The number of hydrogen-bond acceptors (Lipinski definition) is 4. The lowest BCUT2D eigenvalue weighted by atomic mass is 9.92. The van der Waals surface area contributed by atoms with Crippen LogP contribution in [0.15, 0.2) is 30.5 Å². The van der Waals surface area contributed by atoms with Crippen molar-refractivity contribution in [1.29, 1.82) is 0 Å². The standard InChI is InChI=1S/C25H33F4N3O/c1-3-4-6-17(2)20-13-23(32-22-8-5-7-21(24(22)26)25(27,28)29)31-16-19(20)15-30-14-18-9-11-33-12-10-18/h5,7-8,13,16-18,30H,3-4,6,9-12,14-15H2,1-2H3,(H,31,32). The van der Waals surface area contributed by atoms with Gasteiger partial charge in [-0.15, -0.1) is 0 Å². The van der Waals surface area contributed by atoms with E-state index < -0.39 is 17.6 Å². The highest BCUT2D eigenvalue weighted by molar-refractivity contribution is 5.59. The van der Waals surface area contributed by atoms with E-state index in [2.05, 4.69) is 29.5 Å². The molecule has 1 aromatic heterocycles. The Kier molecular flexibility index (Phi) is 9.09. The Morgan fingerprint density at radius 1 is 1.21 bits per heavy atom. The van der Waals surface area contributed by atoms with E-state index in [1.165, 1.54) is 12.1 Å². The number of nitrogens with one attached hydrogen (secondary N) is 2. The Morgan fingerprint density at radius 2 is 1.97 bits per heavy atom. The lowest BCUT2D eigenvalue weighted by Gasteiger charge is -2.23. The molecule has 1 saturated heterocycles. The first kappa shape index (κ1) is 25.4. The quantitative estimate of drug-likeness (QED) is 0.378. The zero-order valence-electron chi connectivity index (χ0n) is 19.3. The Bertz CT molecular complexity index is 898. The summed E-state index contributed by atoms with van der Waals surface area (Å²) >= 11 is 0. The molecule has 0 saturated carbocycles. The fourth-order valence-electron chi connectivity index (χ4n) is 4.19. The molecule has 0 amide bonds. The number of rotatable bonds is 10. The van der Waals surface area contributed by atoms with Crippen LogP contribution in [-0.2, 0) is 17.5 Å². The van der Waals surface area contributed by atoms with Crippen molar-refractivity contribution in [3.63, 3.8) is 0 Å². The van der Waals surface area contributed by atoms with Crippen molar-refractivity contribution in [3.8, 4) is 0 Å². The molecule has 182 valence electrons. The van der Waals surface area contributed by atoms with Crippen LogP contribution in [0.2, 0.25) is 0 Å². The van der Waals surface area contributed by atoms with Crippen LogP contribution in [0.1, 0.15) is 68.6 Å². The molecule has 1 unspecified atom stereocenters. The molecule has 8 heteroatoms. The first-order chi connectivity index (χ1) is 15.8. The smallest absolute Gasteiger partial charge is 0.381 e. The maximum Gasteiger partial charge on any atom is 0.419 e. The number of pyridine rings is 1. The zero-order valence-corrected chi connectivity index (χ0v) is 19.3. The molecule has 1 atom stereocenters. The molecule has 2 heterocycles. The first-order valence-electron chi connectivity index (χ1n) is 11.7. The third kappa shape index (κ3) is 7.14. The summed E-state index contributed by atoms with van der Waals surface area (Å²) in [6.07, 6.45) is 2.23. The average molecular weight is 468 g/mol. The molecule has 3 rings (SSSR count). The van der Waals surface area contributed by atoms with Crippen molar-refractivity contribution in [2.24, 2.45) is 5.92 Å². The highest BCUT2D eigenvalue weighted by Crippen LogP contribution is 2.35. The highest BCUT2D eigenvalue weighted by Gasteiger charge is 2.35. The summed E-state index contributed by atoms with van der Waals surface area (Å²) in [6, 6.07) is 5.05. The van der Waals surface area contributed by atoms with Gasteiger partial charge in [0.05, 0.1) is 11.3 Å². The number of unbranched alkanes of at least 4 members (excludes halogenated alkanes) is 1. The molecule has 1 fully saturated rings. The van der Waals surface area contributed by atoms with E-state index in [-0.39, 0.29) is 11.6 Å². The van der Waals surface area contributed by atoms with E-state index in [9.17, 15) is 17.6 Å². The van der Waals surface area contributed by atoms with Crippen molar-refractivity contribution >= 4 is 11.5 Å². The van der Waals surface area contributed by atoms with E-state index in [4.69, 9.17) is 4.74 Å². The summed E-state index contributed by atoms with van der Waals surface area (Å²) in [4.78, 5) is 4.38. The third-order valence-corrected chi connectivity index (χ3v) is 6.20. The van der Waals surface area contributed by atoms with Crippen LogP contribution in [0.4, 0.5) is 29.1 Å². The molecule has 1 aromatic carbocycles. The number of hydrogen-bond donors (Lipinski definition) is 2. The van der Waals surface area contributed by atoms with Crippen LogP contribution in [0.5, 0.6) is 0 Å². The highest BCUT2D eigenvalue weighted by atomic mass is 19.4. The molecule has 0 bridgehead atoms. The van der Waals surface area contributed by atoms with Gasteiger partial charge in [0.15, 0.2) is 5.82 Å². The van der Waals surface area contributed by atoms with Crippen LogP contribution < -0.4 is 10.6 Å². The number of benzene rings is 1. The third-order valence-electron chi connectivity index (χ3n) is 6.20. The predicted molar refractivity (Wildman–Crippen MR) is 122 cm³/mol. The Morgan fingerprint density at radius 3 is 2.67 bits per heavy atom. The molecule has 0 aliphatic carbocycles. The van der Waals surface area contributed by atoms with E-state index in [0.717, 1.165) is 69.1 Å². The normalized spacial score (nSPS) is 16.1. The van der Waals surface area contributed by atoms with Gasteiger partial charge in [-0.1, -0.05) is 32.8 Å². The number of aromatic nitrogens is 1. The maximum atomic E-state index is 14.5. The summed E-state index contributed by atoms with van der Waals surface area (Å²) in [6.45, 7) is 7.45. The number of nitrogens with zero attached hydrogens (tertiary/aromatic N) is 1. The van der Waals surface area contributed by atoms with Crippen LogP contribution in [-0.4, -0.2) is 24.7 Å². The minimum absolute atomic E-state index is 0.241. The first-order valence-corrected chi connectivity index (χ1v) is 11.7. The van der Waals surface area contributed by atoms with Crippen LogP contribution >= 0.6 is 0 Å². The zero-order chi connectivity index (χ0) is 23.8. The van der Waals surface area contributed by atoms with Crippen molar-refractivity contribution in [1.82, 2.24) is 10.3 Å². The SMILES string of the molecule is CCCCC(C)c1cc(Nc2cccc(C(F)(F)F)c2F)ncc1CNCC1CCOCC1. The van der Waals surface area contributed by atoms with E-state index in [1.54, 1.807) is 6.20 Å². The predicted octanol–water partition coefficient (Wildman–Crippen LogP) is 6.79. The molecule has 33 heavy (non-hydrogen) atoms. The Balaban J connectivity index is 1.77. The van der Waals surface area contributed by atoms with Gasteiger partial charge >= 0.3 is 6.18 Å². The van der Waals surface area contributed by atoms with Crippen molar-refractivity contribution < 1.29 is 22.3 Å². The Labute approximate surface area is 193 Å². The number of ether oxygens (including phenoxy) is 1. The van der Waals surface area contributed by atoms with Crippen molar-refractivity contribution in [3.05, 3.63) is 53.0 Å². The van der Waals surface area contributed by atoms with Crippen molar-refractivity contribution in [2.45, 2.75) is 64.6 Å². The molecular weight excluding hydrogens is 434 g/mol. The van der Waals surface area contributed by atoms with Gasteiger partial charge in [0.25, 0.3) is 0 Å². The second-order valence-corrected chi connectivity index (χ2v) is 8.79. The number of halogens is 4. The van der Waals surface area contributed by atoms with Crippen molar-refractivity contribution in [2.75, 3.05) is 25.1 Å². The van der Waals surface area contributed by atoms with Gasteiger partial charge in [0.1, 0.15) is 5.82 Å². The van der Waals surface area contributed by atoms with Gasteiger partial charge in [0.2, 0.25) is 0 Å². The molecular formula is C25H33F4N3O. The number of anilines is 2. The van der Waals surface area contributed by atoms with Gasteiger partial charge in [-0.25, -0.2) is 9.37 Å². The lowest BCUT2D eigenvalue weighted by Crippen LogP contribution is -2.27. The van der Waals surface area contributed by atoms with Gasteiger partial charge in [0, 0.05) is 26.0 Å². The summed E-state index contributed by atoms with van der Waals surface area (Å²) in [5.41, 5.74) is 0.599. The number of alkyl halides is 3. The van der Waals surface area contributed by atoms with Gasteiger partial charge in [-0.3, -0.25) is 0 Å². The molecule has 0 radical (unpaired) electrons. The second-order valence-electron chi connectivity index (χ2n) is 8.79. The fourth-order valence-corrected chi connectivity index (χ4v) is 4.19. The maximum absolute atomic E-state index is 14.5. The molecule has 1 aliphatic heterocycles. The summed E-state index contributed by atoms with van der Waals surface area (Å²) in [5, 5.41) is 6.27. The Hall–Kier alpha value is -2.19. The van der Waals surface area contributed by atoms with Gasteiger partial charge in [-0.2, -0.15) is 13.2 Å². The minimum atomic E-state index is -4.75. The van der Waals surface area contributed by atoms with Crippen LogP contribution in [0.25, 0.3) is 0 Å². The topological polar surface area (TPSA) is 46.2 Å². The monoisotopic (exact) mass is 467 g/mol. The molecule has 2 N–H and O–H groups in total. The molecule has 4 nitrogen and oxygen atoms in total. The largest absolute Gasteiger partial charge is 0.419 e. The molecule has 2 aromatic rings. The van der Waals surface area contributed by atoms with Crippen LogP contribution in [0.3, 0.4) is 0 Å². The van der Waals surface area contributed by atoms with E-state index in [0.29, 0.717) is 18.3 Å². The fraction of sp³-hybridized carbons (Fsp3) is 0.560. The summed E-state index contributed by atoms with van der Waals surface area (Å²) < 4.78 is 59.1. The second kappa shape index (κ2) is 11.8. The average Bonchev–Trinajstić information content (AvgIpc) is 2.79. The van der Waals surface area contributed by atoms with Crippen LogP contribution in [0, 0.1) is 11.7 Å². The molecule has 1 aliphatic rings. The summed E-state index contributed by atoms with van der Waals surface area (Å²) in [7, 11) is 0. The summed E-state index contributed by atoms with van der Waals surface area (Å²) in [5.74, 6) is -0.147. The lowest BCUT2D eigenvalue weighted by molar-refractivity contribution is -0.139.